The highest BCUT2D eigenvalue weighted by molar-refractivity contribution is 5.93. The van der Waals surface area contributed by atoms with Crippen molar-refractivity contribution in [1.29, 1.82) is 0 Å². The van der Waals surface area contributed by atoms with E-state index in [1.54, 1.807) is 0 Å². The number of benzene rings is 1. The molecule has 0 spiro atoms. The fourth-order valence-corrected chi connectivity index (χ4v) is 2.06. The van der Waals surface area contributed by atoms with Gasteiger partial charge in [0.1, 0.15) is 6.10 Å². The number of rotatable bonds is 2. The van der Waals surface area contributed by atoms with Crippen LogP contribution in [-0.2, 0) is 17.6 Å². The van der Waals surface area contributed by atoms with E-state index >= 15 is 0 Å². The molecule has 16 heavy (non-hydrogen) atoms. The Morgan fingerprint density at radius 1 is 1.31 bits per heavy atom. The van der Waals surface area contributed by atoms with E-state index in [9.17, 15) is 4.79 Å². The van der Waals surface area contributed by atoms with Gasteiger partial charge in [-0.05, 0) is 55.9 Å². The monoisotopic (exact) mass is 219 g/mol. The summed E-state index contributed by atoms with van der Waals surface area (Å²) in [6, 6.07) is 6.01. The molecule has 1 unspecified atom stereocenters. The van der Waals surface area contributed by atoms with Gasteiger partial charge in [-0.1, -0.05) is 6.07 Å². The Morgan fingerprint density at radius 3 is 2.69 bits per heavy atom. The minimum atomic E-state index is -0.962. The summed E-state index contributed by atoms with van der Waals surface area (Å²) in [7, 11) is 0. The zero-order valence-electron chi connectivity index (χ0n) is 9.49. The lowest BCUT2D eigenvalue weighted by atomic mass is 9.91. The van der Waals surface area contributed by atoms with E-state index < -0.39 is 6.10 Å². The van der Waals surface area contributed by atoms with Crippen LogP contribution in [0.5, 0.6) is 0 Å². The van der Waals surface area contributed by atoms with Crippen molar-refractivity contribution in [1.82, 2.24) is 0 Å². The molecule has 2 rings (SSSR count). The fraction of sp³-hybridized carbons (Fsp3) is 0.462. The summed E-state index contributed by atoms with van der Waals surface area (Å²) in [4.78, 5) is 11.3. The molecular formula is C13H17NO2. The van der Waals surface area contributed by atoms with Crippen LogP contribution in [0.2, 0.25) is 0 Å². The number of aliphatic hydroxyl groups is 1. The van der Waals surface area contributed by atoms with E-state index in [0.717, 1.165) is 18.5 Å². The molecule has 3 heteroatoms. The Morgan fingerprint density at radius 2 is 2.00 bits per heavy atom. The first-order valence-electron chi connectivity index (χ1n) is 5.77. The van der Waals surface area contributed by atoms with Crippen LogP contribution in [0.4, 0.5) is 5.69 Å². The first-order valence-corrected chi connectivity index (χ1v) is 5.77. The zero-order chi connectivity index (χ0) is 11.5. The van der Waals surface area contributed by atoms with Crippen LogP contribution in [0.15, 0.2) is 18.2 Å². The summed E-state index contributed by atoms with van der Waals surface area (Å²) in [6.07, 6.45) is 3.75. The Kier molecular flexibility index (Phi) is 3.25. The van der Waals surface area contributed by atoms with E-state index in [2.05, 4.69) is 11.4 Å². The number of nitrogens with one attached hydrogen (secondary N) is 1. The van der Waals surface area contributed by atoms with Gasteiger partial charge in [-0.25, -0.2) is 0 Å². The van der Waals surface area contributed by atoms with Crippen molar-refractivity contribution in [3.63, 3.8) is 0 Å². The lowest BCUT2D eigenvalue weighted by Crippen LogP contribution is -2.24. The average molecular weight is 219 g/mol. The number of fused-ring (bicyclic) bond motifs is 1. The zero-order valence-corrected chi connectivity index (χ0v) is 9.49. The molecule has 86 valence electrons. The number of amides is 1. The minimum Gasteiger partial charge on any atom is -0.384 e. The summed E-state index contributed by atoms with van der Waals surface area (Å²) in [5.74, 6) is -0.351. The van der Waals surface area contributed by atoms with Gasteiger partial charge in [0, 0.05) is 5.69 Å². The van der Waals surface area contributed by atoms with Crippen molar-refractivity contribution in [2.75, 3.05) is 5.32 Å². The summed E-state index contributed by atoms with van der Waals surface area (Å²) < 4.78 is 0. The number of hydrogen-bond donors (Lipinski definition) is 2. The van der Waals surface area contributed by atoms with Crippen molar-refractivity contribution in [3.05, 3.63) is 29.3 Å². The molecule has 2 N–H and O–H groups in total. The molecular weight excluding hydrogens is 202 g/mol. The minimum absolute atomic E-state index is 0.351. The van der Waals surface area contributed by atoms with Gasteiger partial charge in [-0.3, -0.25) is 4.79 Å². The van der Waals surface area contributed by atoms with E-state index in [4.69, 9.17) is 5.11 Å². The molecule has 3 nitrogen and oxygen atoms in total. The van der Waals surface area contributed by atoms with Crippen LogP contribution < -0.4 is 5.32 Å². The molecule has 0 radical (unpaired) electrons. The van der Waals surface area contributed by atoms with Gasteiger partial charge in [0.15, 0.2) is 0 Å². The topological polar surface area (TPSA) is 49.3 Å². The highest BCUT2D eigenvalue weighted by Crippen LogP contribution is 2.24. The third kappa shape index (κ3) is 2.42. The predicted molar refractivity (Wildman–Crippen MR) is 63.4 cm³/mol. The van der Waals surface area contributed by atoms with Crippen LogP contribution in [0.25, 0.3) is 0 Å². The number of aliphatic hydroxyl groups excluding tert-OH is 1. The number of aryl methyl sites for hydroxylation is 2. The van der Waals surface area contributed by atoms with Crippen LogP contribution >= 0.6 is 0 Å². The molecule has 0 aliphatic heterocycles. The van der Waals surface area contributed by atoms with E-state index in [-0.39, 0.29) is 5.91 Å². The largest absolute Gasteiger partial charge is 0.384 e. The Labute approximate surface area is 95.5 Å². The number of carbonyl (C=O) groups is 1. The molecule has 0 aromatic heterocycles. The second-order valence-electron chi connectivity index (χ2n) is 4.36. The van der Waals surface area contributed by atoms with E-state index in [1.807, 2.05) is 12.1 Å². The van der Waals surface area contributed by atoms with Gasteiger partial charge >= 0.3 is 0 Å². The Hall–Kier alpha value is -1.35. The van der Waals surface area contributed by atoms with Gasteiger partial charge < -0.3 is 10.4 Å². The maximum Gasteiger partial charge on any atom is 0.252 e. The van der Waals surface area contributed by atoms with Crippen molar-refractivity contribution in [3.8, 4) is 0 Å². The van der Waals surface area contributed by atoms with E-state index in [0.29, 0.717) is 0 Å². The molecule has 1 atom stereocenters. The second-order valence-corrected chi connectivity index (χ2v) is 4.36. The molecule has 1 aromatic carbocycles. The molecule has 0 heterocycles. The van der Waals surface area contributed by atoms with Gasteiger partial charge in [-0.2, -0.15) is 0 Å². The quantitative estimate of drug-likeness (QED) is 0.798. The number of hydrogen-bond acceptors (Lipinski definition) is 2. The normalized spacial score (nSPS) is 16.4. The van der Waals surface area contributed by atoms with E-state index in [1.165, 1.54) is 30.9 Å². The van der Waals surface area contributed by atoms with Crippen LogP contribution in [-0.4, -0.2) is 17.1 Å². The third-order valence-electron chi connectivity index (χ3n) is 3.00. The van der Waals surface area contributed by atoms with Gasteiger partial charge in [0.2, 0.25) is 0 Å². The second kappa shape index (κ2) is 4.66. The lowest BCUT2D eigenvalue weighted by Gasteiger charge is -2.17. The summed E-state index contributed by atoms with van der Waals surface area (Å²) in [5.41, 5.74) is 3.50. The van der Waals surface area contributed by atoms with Crippen molar-refractivity contribution in [2.45, 2.75) is 38.7 Å². The molecule has 1 amide bonds. The van der Waals surface area contributed by atoms with Crippen LogP contribution in [0.1, 0.15) is 30.9 Å². The van der Waals surface area contributed by atoms with Gasteiger partial charge in [0.05, 0.1) is 0 Å². The molecule has 0 saturated heterocycles. The third-order valence-corrected chi connectivity index (χ3v) is 3.00. The maximum atomic E-state index is 11.3. The Balaban J connectivity index is 2.14. The lowest BCUT2D eigenvalue weighted by molar-refractivity contribution is -0.123. The fourth-order valence-electron chi connectivity index (χ4n) is 2.06. The summed E-state index contributed by atoms with van der Waals surface area (Å²) in [6.45, 7) is 1.47. The molecule has 1 aliphatic carbocycles. The first-order chi connectivity index (χ1) is 7.66. The average Bonchev–Trinajstić information content (AvgIpc) is 2.28. The van der Waals surface area contributed by atoms with Crippen molar-refractivity contribution >= 4 is 11.6 Å². The standard InChI is InChI=1S/C13H17NO2/c1-9(15)13(16)14-12-7-6-10-4-2-3-5-11(10)8-12/h6-9,15H,2-5H2,1H3,(H,14,16). The first kappa shape index (κ1) is 11.1. The van der Waals surface area contributed by atoms with Crippen molar-refractivity contribution in [2.24, 2.45) is 0 Å². The molecule has 0 fully saturated rings. The molecule has 1 aliphatic rings. The van der Waals surface area contributed by atoms with Crippen LogP contribution in [0, 0.1) is 0 Å². The Bertz CT molecular complexity index is 399. The summed E-state index contributed by atoms with van der Waals surface area (Å²) in [5, 5.41) is 11.8. The molecule has 0 saturated carbocycles. The van der Waals surface area contributed by atoms with Crippen molar-refractivity contribution < 1.29 is 9.90 Å². The van der Waals surface area contributed by atoms with Gasteiger partial charge in [0.25, 0.3) is 5.91 Å². The highest BCUT2D eigenvalue weighted by atomic mass is 16.3. The number of carbonyl (C=O) groups excluding carboxylic acids is 1. The molecule has 0 bridgehead atoms. The summed E-state index contributed by atoms with van der Waals surface area (Å²) >= 11 is 0. The molecule has 1 aromatic rings. The highest BCUT2D eigenvalue weighted by Gasteiger charge is 2.12. The number of anilines is 1. The van der Waals surface area contributed by atoms with Crippen LogP contribution in [0.3, 0.4) is 0 Å². The predicted octanol–water partition coefficient (Wildman–Crippen LogP) is 1.88. The smallest absolute Gasteiger partial charge is 0.252 e. The SMILES string of the molecule is CC(O)C(=O)Nc1ccc2c(c1)CCCC2. The maximum absolute atomic E-state index is 11.3. The van der Waals surface area contributed by atoms with Gasteiger partial charge in [-0.15, -0.1) is 0 Å².